The van der Waals surface area contributed by atoms with Crippen molar-refractivity contribution in [3.8, 4) is 0 Å². The fourth-order valence-electron chi connectivity index (χ4n) is 3.20. The monoisotopic (exact) mass is 254 g/mol. The van der Waals surface area contributed by atoms with Crippen LogP contribution in [-0.4, -0.2) is 48.8 Å². The molecule has 2 rings (SSSR count). The summed E-state index contributed by atoms with van der Waals surface area (Å²) >= 11 is 0. The van der Waals surface area contributed by atoms with Crippen molar-refractivity contribution >= 4 is 0 Å². The molecular weight excluding hydrogens is 224 g/mol. The molecule has 2 aliphatic heterocycles. The zero-order valence-electron chi connectivity index (χ0n) is 12.4. The van der Waals surface area contributed by atoms with Gasteiger partial charge in [-0.15, -0.1) is 0 Å². The van der Waals surface area contributed by atoms with E-state index in [0.29, 0.717) is 12.1 Å². The Morgan fingerprint density at radius 2 is 1.94 bits per heavy atom. The average molecular weight is 254 g/mol. The molecule has 3 nitrogen and oxygen atoms in total. The number of rotatable bonds is 5. The van der Waals surface area contributed by atoms with Crippen molar-refractivity contribution in [2.45, 2.75) is 70.6 Å². The van der Waals surface area contributed by atoms with Gasteiger partial charge in [-0.3, -0.25) is 0 Å². The Morgan fingerprint density at radius 1 is 1.22 bits per heavy atom. The third-order valence-corrected chi connectivity index (χ3v) is 4.32. The maximum atomic E-state index is 6.03. The van der Waals surface area contributed by atoms with E-state index >= 15 is 0 Å². The van der Waals surface area contributed by atoms with Crippen LogP contribution in [0.2, 0.25) is 0 Å². The summed E-state index contributed by atoms with van der Waals surface area (Å²) in [6.45, 7) is 11.5. The first-order chi connectivity index (χ1) is 8.59. The number of nitrogens with one attached hydrogen (secondary N) is 1. The fourth-order valence-corrected chi connectivity index (χ4v) is 3.20. The highest BCUT2D eigenvalue weighted by molar-refractivity contribution is 4.84. The van der Waals surface area contributed by atoms with Gasteiger partial charge >= 0.3 is 0 Å². The molecule has 0 bridgehead atoms. The van der Waals surface area contributed by atoms with Crippen LogP contribution in [0.15, 0.2) is 0 Å². The standard InChI is InChI=1S/C15H30N2O/c1-4-9-17-10-6-13(7-11-17)16-12-14-5-8-15(2,3)18-14/h13-14,16H,4-12H2,1-3H3. The Kier molecular flexibility index (Phi) is 5.05. The maximum Gasteiger partial charge on any atom is 0.0707 e. The van der Waals surface area contributed by atoms with Gasteiger partial charge in [-0.25, -0.2) is 0 Å². The molecule has 0 amide bonds. The summed E-state index contributed by atoms with van der Waals surface area (Å²) in [5.41, 5.74) is 0.108. The molecule has 3 heteroatoms. The molecule has 2 heterocycles. The molecule has 106 valence electrons. The number of hydrogen-bond acceptors (Lipinski definition) is 3. The average Bonchev–Trinajstić information content (AvgIpc) is 2.69. The fraction of sp³-hybridized carbons (Fsp3) is 1.00. The molecule has 0 aromatic carbocycles. The zero-order chi connectivity index (χ0) is 13.0. The number of likely N-dealkylation sites (tertiary alicyclic amines) is 1. The molecule has 0 spiro atoms. The maximum absolute atomic E-state index is 6.03. The van der Waals surface area contributed by atoms with E-state index in [9.17, 15) is 0 Å². The number of ether oxygens (including phenoxy) is 1. The number of nitrogens with zero attached hydrogens (tertiary/aromatic N) is 1. The summed E-state index contributed by atoms with van der Waals surface area (Å²) in [4.78, 5) is 2.59. The molecule has 0 radical (unpaired) electrons. The highest BCUT2D eigenvalue weighted by atomic mass is 16.5. The van der Waals surface area contributed by atoms with Gasteiger partial charge in [0, 0.05) is 12.6 Å². The number of hydrogen-bond donors (Lipinski definition) is 1. The highest BCUT2D eigenvalue weighted by Crippen LogP contribution is 2.29. The summed E-state index contributed by atoms with van der Waals surface area (Å²) in [7, 11) is 0. The quantitative estimate of drug-likeness (QED) is 0.815. The lowest BCUT2D eigenvalue weighted by molar-refractivity contribution is -0.0158. The topological polar surface area (TPSA) is 24.5 Å². The van der Waals surface area contributed by atoms with E-state index in [4.69, 9.17) is 4.74 Å². The van der Waals surface area contributed by atoms with Crippen LogP contribution >= 0.6 is 0 Å². The van der Waals surface area contributed by atoms with Crippen molar-refractivity contribution in [2.75, 3.05) is 26.2 Å². The predicted octanol–water partition coefficient (Wildman–Crippen LogP) is 2.41. The van der Waals surface area contributed by atoms with Crippen LogP contribution in [-0.2, 0) is 4.74 Å². The summed E-state index contributed by atoms with van der Waals surface area (Å²) in [6, 6.07) is 0.713. The van der Waals surface area contributed by atoms with Gasteiger partial charge in [0.2, 0.25) is 0 Å². The van der Waals surface area contributed by atoms with Gasteiger partial charge in [0.25, 0.3) is 0 Å². The lowest BCUT2D eigenvalue weighted by Crippen LogP contribution is -2.44. The summed E-state index contributed by atoms with van der Waals surface area (Å²) in [6.07, 6.45) is 6.74. The van der Waals surface area contributed by atoms with Crippen molar-refractivity contribution in [2.24, 2.45) is 0 Å². The molecule has 0 saturated carbocycles. The molecule has 1 N–H and O–H groups in total. The first-order valence-electron chi connectivity index (χ1n) is 7.72. The van der Waals surface area contributed by atoms with Crippen molar-refractivity contribution in [3.63, 3.8) is 0 Å². The molecule has 1 unspecified atom stereocenters. The molecule has 0 aliphatic carbocycles. The minimum absolute atomic E-state index is 0.108. The molecule has 2 saturated heterocycles. The first-order valence-corrected chi connectivity index (χ1v) is 7.72. The van der Waals surface area contributed by atoms with E-state index in [2.05, 4.69) is 31.0 Å². The minimum atomic E-state index is 0.108. The van der Waals surface area contributed by atoms with Gasteiger partial charge in [-0.2, -0.15) is 0 Å². The normalized spacial score (nSPS) is 29.8. The van der Waals surface area contributed by atoms with Gasteiger partial charge < -0.3 is 15.0 Å². The van der Waals surface area contributed by atoms with Crippen LogP contribution in [0.4, 0.5) is 0 Å². The van der Waals surface area contributed by atoms with Gasteiger partial charge in [0.15, 0.2) is 0 Å². The molecular formula is C15H30N2O. The van der Waals surface area contributed by atoms with E-state index < -0.39 is 0 Å². The summed E-state index contributed by atoms with van der Waals surface area (Å²) in [5.74, 6) is 0. The molecule has 0 aromatic rings. The van der Waals surface area contributed by atoms with Crippen molar-refractivity contribution < 1.29 is 4.74 Å². The zero-order valence-corrected chi connectivity index (χ0v) is 12.4. The lowest BCUT2D eigenvalue weighted by atomic mass is 10.0. The molecule has 2 fully saturated rings. The second kappa shape index (κ2) is 6.36. The Balaban J connectivity index is 1.61. The van der Waals surface area contributed by atoms with Crippen LogP contribution < -0.4 is 5.32 Å². The molecule has 0 aromatic heterocycles. The van der Waals surface area contributed by atoms with E-state index in [1.54, 1.807) is 0 Å². The van der Waals surface area contributed by atoms with Gasteiger partial charge in [-0.05, 0) is 65.6 Å². The number of piperidine rings is 1. The highest BCUT2D eigenvalue weighted by Gasteiger charge is 2.31. The largest absolute Gasteiger partial charge is 0.371 e. The van der Waals surface area contributed by atoms with Crippen LogP contribution in [0.3, 0.4) is 0 Å². The van der Waals surface area contributed by atoms with E-state index in [1.807, 2.05) is 0 Å². The third-order valence-electron chi connectivity index (χ3n) is 4.32. The Morgan fingerprint density at radius 3 is 2.50 bits per heavy atom. The third kappa shape index (κ3) is 4.22. The van der Waals surface area contributed by atoms with Crippen LogP contribution in [0.25, 0.3) is 0 Å². The Labute approximate surface area is 112 Å². The summed E-state index contributed by atoms with van der Waals surface area (Å²) in [5, 5.41) is 3.71. The molecule has 2 aliphatic rings. The SMILES string of the molecule is CCCN1CCC(NCC2CCC(C)(C)O2)CC1. The van der Waals surface area contributed by atoms with E-state index in [1.165, 1.54) is 51.7 Å². The first kappa shape index (κ1) is 14.3. The van der Waals surface area contributed by atoms with Gasteiger partial charge in [0.05, 0.1) is 11.7 Å². The predicted molar refractivity (Wildman–Crippen MR) is 75.9 cm³/mol. The summed E-state index contributed by atoms with van der Waals surface area (Å²) < 4.78 is 6.03. The smallest absolute Gasteiger partial charge is 0.0707 e. The molecule has 18 heavy (non-hydrogen) atoms. The van der Waals surface area contributed by atoms with Crippen LogP contribution in [0.1, 0.15) is 52.9 Å². The second-order valence-corrected chi connectivity index (χ2v) is 6.56. The lowest BCUT2D eigenvalue weighted by Gasteiger charge is -2.32. The van der Waals surface area contributed by atoms with E-state index in [-0.39, 0.29) is 5.60 Å². The van der Waals surface area contributed by atoms with Crippen molar-refractivity contribution in [3.05, 3.63) is 0 Å². The van der Waals surface area contributed by atoms with Crippen molar-refractivity contribution in [1.82, 2.24) is 10.2 Å². The van der Waals surface area contributed by atoms with Crippen LogP contribution in [0.5, 0.6) is 0 Å². The Hall–Kier alpha value is -0.120. The molecule has 1 atom stereocenters. The van der Waals surface area contributed by atoms with Crippen molar-refractivity contribution in [1.29, 1.82) is 0 Å². The van der Waals surface area contributed by atoms with Gasteiger partial charge in [0.1, 0.15) is 0 Å². The minimum Gasteiger partial charge on any atom is -0.371 e. The van der Waals surface area contributed by atoms with E-state index in [0.717, 1.165) is 6.54 Å². The second-order valence-electron chi connectivity index (χ2n) is 6.56. The Bertz CT molecular complexity index is 247. The van der Waals surface area contributed by atoms with Crippen LogP contribution in [0, 0.1) is 0 Å². The van der Waals surface area contributed by atoms with Gasteiger partial charge in [-0.1, -0.05) is 6.92 Å².